The van der Waals surface area contributed by atoms with Crippen molar-refractivity contribution >= 4 is 29.3 Å². The summed E-state index contributed by atoms with van der Waals surface area (Å²) in [6, 6.07) is 12.8. The van der Waals surface area contributed by atoms with E-state index < -0.39 is 11.9 Å². The monoisotopic (exact) mass is 400 g/mol. The fourth-order valence-electron chi connectivity index (χ4n) is 3.33. The molecule has 1 heterocycles. The molecule has 28 heavy (non-hydrogen) atoms. The van der Waals surface area contributed by atoms with Crippen molar-refractivity contribution in [3.05, 3.63) is 65.5 Å². The van der Waals surface area contributed by atoms with E-state index >= 15 is 0 Å². The number of hydrogen-bond acceptors (Lipinski definition) is 3. The summed E-state index contributed by atoms with van der Waals surface area (Å²) in [5.41, 5.74) is 1.69. The number of nitrogens with one attached hydrogen (secondary N) is 1. The van der Waals surface area contributed by atoms with Crippen molar-refractivity contribution in [3.63, 3.8) is 0 Å². The number of aryl methyl sites for hydroxylation is 1. The third-order valence-corrected chi connectivity index (χ3v) is 6.01. The van der Waals surface area contributed by atoms with Gasteiger partial charge in [0.1, 0.15) is 11.9 Å². The molecule has 0 radical (unpaired) electrons. The molecule has 2 aromatic rings. The highest BCUT2D eigenvalue weighted by molar-refractivity contribution is 8.00. The van der Waals surface area contributed by atoms with Gasteiger partial charge >= 0.3 is 0 Å². The first-order chi connectivity index (χ1) is 13.4. The molecule has 2 aromatic carbocycles. The molecule has 1 N–H and O–H groups in total. The van der Waals surface area contributed by atoms with E-state index in [4.69, 9.17) is 0 Å². The Morgan fingerprint density at radius 2 is 1.96 bits per heavy atom. The average Bonchev–Trinajstić information content (AvgIpc) is 3.06. The summed E-state index contributed by atoms with van der Waals surface area (Å²) in [6.45, 7) is 6.13. The first-order valence-electron chi connectivity index (χ1n) is 9.43. The molecule has 148 valence electrons. The van der Waals surface area contributed by atoms with Gasteiger partial charge in [0.25, 0.3) is 5.91 Å². The molecular formula is C22H25FN2O2S. The van der Waals surface area contributed by atoms with Crippen LogP contribution in [0.4, 0.5) is 10.1 Å². The van der Waals surface area contributed by atoms with E-state index in [0.717, 1.165) is 12.0 Å². The summed E-state index contributed by atoms with van der Waals surface area (Å²) in [4.78, 5) is 27.9. The molecule has 0 spiro atoms. The average molecular weight is 401 g/mol. The molecule has 6 heteroatoms. The van der Waals surface area contributed by atoms with Gasteiger partial charge in [-0.2, -0.15) is 0 Å². The van der Waals surface area contributed by atoms with Crippen LogP contribution in [0.3, 0.4) is 0 Å². The van der Waals surface area contributed by atoms with Crippen molar-refractivity contribution in [2.24, 2.45) is 5.92 Å². The molecule has 0 bridgehead atoms. The van der Waals surface area contributed by atoms with Crippen LogP contribution in [0, 0.1) is 18.7 Å². The smallest absolute Gasteiger partial charge is 0.255 e. The van der Waals surface area contributed by atoms with Crippen molar-refractivity contribution in [2.45, 2.75) is 38.6 Å². The van der Waals surface area contributed by atoms with Gasteiger partial charge in [-0.05, 0) is 43.5 Å². The number of thioether (sulfide) groups is 1. The van der Waals surface area contributed by atoms with Crippen molar-refractivity contribution in [2.75, 3.05) is 11.1 Å². The van der Waals surface area contributed by atoms with E-state index in [-0.39, 0.29) is 22.9 Å². The van der Waals surface area contributed by atoms with E-state index in [0.29, 0.717) is 17.2 Å². The van der Waals surface area contributed by atoms with Gasteiger partial charge in [0.2, 0.25) is 5.91 Å². The Hall–Kier alpha value is -2.34. The topological polar surface area (TPSA) is 49.4 Å². The second-order valence-corrected chi connectivity index (χ2v) is 8.70. The van der Waals surface area contributed by atoms with Crippen LogP contribution in [0.1, 0.15) is 36.2 Å². The van der Waals surface area contributed by atoms with Crippen LogP contribution in [0.15, 0.2) is 48.5 Å². The van der Waals surface area contributed by atoms with Gasteiger partial charge in [0.05, 0.1) is 11.1 Å². The molecule has 3 rings (SSSR count). The normalized spacial score (nSPS) is 19.1. The second kappa shape index (κ2) is 8.78. The fraction of sp³-hybridized carbons (Fsp3) is 0.364. The van der Waals surface area contributed by atoms with Gasteiger partial charge in [0, 0.05) is 11.3 Å². The number of amides is 2. The van der Waals surface area contributed by atoms with Crippen molar-refractivity contribution in [3.8, 4) is 0 Å². The molecule has 0 saturated carbocycles. The van der Waals surface area contributed by atoms with E-state index in [1.54, 1.807) is 34.9 Å². The quantitative estimate of drug-likeness (QED) is 0.791. The summed E-state index contributed by atoms with van der Waals surface area (Å²) in [5, 5.41) is 2.57. The molecule has 0 aromatic heterocycles. The molecule has 2 atom stereocenters. The third kappa shape index (κ3) is 4.55. The minimum atomic E-state index is -0.638. The number of rotatable bonds is 5. The van der Waals surface area contributed by atoms with Crippen LogP contribution in [-0.2, 0) is 4.79 Å². The summed E-state index contributed by atoms with van der Waals surface area (Å²) < 4.78 is 14.0. The highest BCUT2D eigenvalue weighted by Crippen LogP contribution is 2.35. The number of halogens is 1. The molecule has 2 unspecified atom stereocenters. The first-order valence-corrected chi connectivity index (χ1v) is 10.5. The lowest BCUT2D eigenvalue weighted by Crippen LogP contribution is -2.48. The van der Waals surface area contributed by atoms with Gasteiger partial charge in [-0.3, -0.25) is 9.59 Å². The zero-order chi connectivity index (χ0) is 20.3. The first kappa shape index (κ1) is 20.4. The van der Waals surface area contributed by atoms with Gasteiger partial charge < -0.3 is 10.2 Å². The van der Waals surface area contributed by atoms with E-state index in [1.807, 2.05) is 25.1 Å². The fourth-order valence-corrected chi connectivity index (χ4v) is 4.97. The van der Waals surface area contributed by atoms with Crippen LogP contribution >= 0.6 is 11.8 Å². The number of nitrogens with zero attached hydrogens (tertiary/aromatic N) is 1. The zero-order valence-corrected chi connectivity index (χ0v) is 17.1. The van der Waals surface area contributed by atoms with E-state index in [2.05, 4.69) is 19.2 Å². The number of carbonyl (C=O) groups is 2. The zero-order valence-electron chi connectivity index (χ0n) is 16.3. The largest absolute Gasteiger partial charge is 0.322 e. The van der Waals surface area contributed by atoms with E-state index in [1.165, 1.54) is 12.1 Å². The molecule has 2 amide bonds. The van der Waals surface area contributed by atoms with Crippen LogP contribution in [-0.4, -0.2) is 33.9 Å². The summed E-state index contributed by atoms with van der Waals surface area (Å²) in [6.07, 6.45) is 0.797. The number of carbonyl (C=O) groups excluding carboxylic acids is 2. The molecule has 1 fully saturated rings. The maximum atomic E-state index is 14.0. The lowest BCUT2D eigenvalue weighted by molar-refractivity contribution is -0.119. The Morgan fingerprint density at radius 1 is 1.21 bits per heavy atom. The van der Waals surface area contributed by atoms with Crippen LogP contribution in [0.25, 0.3) is 0 Å². The van der Waals surface area contributed by atoms with Gasteiger partial charge in [-0.15, -0.1) is 11.8 Å². The lowest BCUT2D eigenvalue weighted by Gasteiger charge is -2.30. The maximum Gasteiger partial charge on any atom is 0.255 e. The highest BCUT2D eigenvalue weighted by atomic mass is 32.2. The number of benzene rings is 2. The lowest BCUT2D eigenvalue weighted by atomic mass is 10.1. The molecular weight excluding hydrogens is 375 g/mol. The summed E-state index contributed by atoms with van der Waals surface area (Å²) >= 11 is 1.61. The SMILES string of the molecule is Cc1cccc(C(=O)N2C(CC(C)C)SCC2C(=O)Nc2ccccc2F)c1. The van der Waals surface area contributed by atoms with E-state index in [9.17, 15) is 14.0 Å². The minimum Gasteiger partial charge on any atom is -0.322 e. The van der Waals surface area contributed by atoms with Crippen LogP contribution < -0.4 is 5.32 Å². The predicted octanol–water partition coefficient (Wildman–Crippen LogP) is 4.70. The van der Waals surface area contributed by atoms with Gasteiger partial charge in [-0.25, -0.2) is 4.39 Å². The van der Waals surface area contributed by atoms with Crippen molar-refractivity contribution in [1.29, 1.82) is 0 Å². The van der Waals surface area contributed by atoms with Gasteiger partial charge in [0.15, 0.2) is 0 Å². The summed E-state index contributed by atoms with van der Waals surface area (Å²) in [7, 11) is 0. The number of hydrogen-bond donors (Lipinski definition) is 1. The predicted molar refractivity (Wildman–Crippen MR) is 112 cm³/mol. The number of para-hydroxylation sites is 1. The van der Waals surface area contributed by atoms with Gasteiger partial charge in [-0.1, -0.05) is 43.7 Å². The molecule has 0 aliphatic carbocycles. The Kier molecular flexibility index (Phi) is 6.39. The Morgan fingerprint density at radius 3 is 2.64 bits per heavy atom. The Labute approximate surface area is 169 Å². The standard InChI is InChI=1S/C22H25FN2O2S/c1-14(2)11-20-25(22(27)16-8-6-7-15(3)12-16)19(13-28-20)21(26)24-18-10-5-4-9-17(18)23/h4-10,12,14,19-20H,11,13H2,1-3H3,(H,24,26). The highest BCUT2D eigenvalue weighted by Gasteiger charge is 2.42. The molecule has 4 nitrogen and oxygen atoms in total. The van der Waals surface area contributed by atoms with Crippen LogP contribution in [0.5, 0.6) is 0 Å². The summed E-state index contributed by atoms with van der Waals surface area (Å²) in [5.74, 6) is -0.122. The third-order valence-electron chi connectivity index (χ3n) is 4.70. The van der Waals surface area contributed by atoms with Crippen LogP contribution in [0.2, 0.25) is 0 Å². The second-order valence-electron chi connectivity index (χ2n) is 7.48. The van der Waals surface area contributed by atoms with Crippen molar-refractivity contribution in [1.82, 2.24) is 4.90 Å². The molecule has 1 saturated heterocycles. The molecule has 1 aliphatic rings. The molecule has 1 aliphatic heterocycles. The Bertz CT molecular complexity index is 871. The van der Waals surface area contributed by atoms with Crippen molar-refractivity contribution < 1.29 is 14.0 Å². The minimum absolute atomic E-state index is 0.0793. The maximum absolute atomic E-state index is 14.0. The Balaban J connectivity index is 1.87. The number of anilines is 1.